The third-order valence-electron chi connectivity index (χ3n) is 3.45. The highest BCUT2D eigenvalue weighted by molar-refractivity contribution is 5.24. The third-order valence-corrected chi connectivity index (χ3v) is 3.45. The molecule has 0 aromatic carbocycles. The second kappa shape index (κ2) is 5.80. The first-order chi connectivity index (χ1) is 10.2. The highest BCUT2D eigenvalue weighted by Crippen LogP contribution is 2.27. The number of methoxy groups -OCH3 is 1. The summed E-state index contributed by atoms with van der Waals surface area (Å²) in [6.45, 7) is 5.36. The van der Waals surface area contributed by atoms with Crippen molar-refractivity contribution in [3.63, 3.8) is 0 Å². The van der Waals surface area contributed by atoms with E-state index in [1.807, 2.05) is 18.5 Å². The van der Waals surface area contributed by atoms with Crippen molar-refractivity contribution in [1.29, 1.82) is 0 Å². The molecule has 0 spiro atoms. The molecule has 0 amide bonds. The van der Waals surface area contributed by atoms with Crippen LogP contribution in [-0.2, 0) is 17.9 Å². The lowest BCUT2D eigenvalue weighted by Gasteiger charge is -2.21. The molecule has 2 aromatic heterocycles. The van der Waals surface area contributed by atoms with Crippen LogP contribution in [0.4, 0.5) is 6.01 Å². The van der Waals surface area contributed by atoms with Crippen LogP contribution in [0, 0.1) is 0 Å². The summed E-state index contributed by atoms with van der Waals surface area (Å²) in [5, 5.41) is 11.7. The SMILES string of the molecule is COCc1nc2n(n1)CCC[C@@H]2Nc1nc(C(C)C)no1. The highest BCUT2D eigenvalue weighted by Gasteiger charge is 2.26. The van der Waals surface area contributed by atoms with Gasteiger partial charge in [-0.3, -0.25) is 0 Å². The first-order valence-corrected chi connectivity index (χ1v) is 7.20. The molecule has 1 aliphatic rings. The van der Waals surface area contributed by atoms with Crippen molar-refractivity contribution in [3.05, 3.63) is 17.5 Å². The Labute approximate surface area is 122 Å². The second-order valence-corrected chi connectivity index (χ2v) is 5.49. The normalized spacial score (nSPS) is 18.0. The van der Waals surface area contributed by atoms with Crippen molar-refractivity contribution < 1.29 is 9.26 Å². The first-order valence-electron chi connectivity index (χ1n) is 7.20. The van der Waals surface area contributed by atoms with Gasteiger partial charge >= 0.3 is 6.01 Å². The summed E-state index contributed by atoms with van der Waals surface area (Å²) in [5.74, 6) is 2.55. The molecule has 114 valence electrons. The molecule has 1 atom stereocenters. The Balaban J connectivity index is 1.77. The lowest BCUT2D eigenvalue weighted by atomic mass is 10.1. The highest BCUT2D eigenvalue weighted by atomic mass is 16.5. The van der Waals surface area contributed by atoms with Gasteiger partial charge in [-0.1, -0.05) is 19.0 Å². The standard InChI is InChI=1S/C13H20N6O2/c1-8(2)11-16-13(21-18-11)14-9-5-4-6-19-12(9)15-10(17-19)7-20-3/h8-9H,4-7H2,1-3H3,(H,14,16,18)/t9-/m0/s1. The Morgan fingerprint density at radius 1 is 1.43 bits per heavy atom. The van der Waals surface area contributed by atoms with Crippen molar-refractivity contribution in [1.82, 2.24) is 24.9 Å². The predicted molar refractivity (Wildman–Crippen MR) is 74.7 cm³/mol. The monoisotopic (exact) mass is 292 g/mol. The maximum Gasteiger partial charge on any atom is 0.322 e. The summed E-state index contributed by atoms with van der Waals surface area (Å²) < 4.78 is 12.3. The maximum absolute atomic E-state index is 5.24. The molecule has 0 unspecified atom stereocenters. The predicted octanol–water partition coefficient (Wildman–Crippen LogP) is 1.88. The van der Waals surface area contributed by atoms with Crippen LogP contribution in [0.15, 0.2) is 4.52 Å². The summed E-state index contributed by atoms with van der Waals surface area (Å²) in [5.41, 5.74) is 0. The van der Waals surface area contributed by atoms with E-state index in [1.54, 1.807) is 7.11 Å². The molecule has 0 radical (unpaired) electrons. The van der Waals surface area contributed by atoms with Crippen LogP contribution in [0.25, 0.3) is 0 Å². The van der Waals surface area contributed by atoms with E-state index >= 15 is 0 Å². The number of ether oxygens (including phenoxy) is 1. The number of nitrogens with zero attached hydrogens (tertiary/aromatic N) is 5. The van der Waals surface area contributed by atoms with Gasteiger partial charge in [0.1, 0.15) is 12.4 Å². The fourth-order valence-electron chi connectivity index (χ4n) is 2.40. The summed E-state index contributed by atoms with van der Waals surface area (Å²) in [6.07, 6.45) is 2.00. The quantitative estimate of drug-likeness (QED) is 0.899. The van der Waals surface area contributed by atoms with Crippen LogP contribution < -0.4 is 5.32 Å². The summed E-state index contributed by atoms with van der Waals surface area (Å²) in [4.78, 5) is 8.88. The molecule has 0 bridgehead atoms. The maximum atomic E-state index is 5.24. The van der Waals surface area contributed by atoms with E-state index < -0.39 is 0 Å². The van der Waals surface area contributed by atoms with Gasteiger partial charge < -0.3 is 14.6 Å². The summed E-state index contributed by atoms with van der Waals surface area (Å²) in [7, 11) is 1.64. The Morgan fingerprint density at radius 2 is 2.29 bits per heavy atom. The fourth-order valence-corrected chi connectivity index (χ4v) is 2.40. The van der Waals surface area contributed by atoms with Crippen LogP contribution in [0.2, 0.25) is 0 Å². The molecule has 8 nitrogen and oxygen atoms in total. The lowest BCUT2D eigenvalue weighted by Crippen LogP contribution is -2.22. The van der Waals surface area contributed by atoms with Gasteiger partial charge in [0.25, 0.3) is 0 Å². The van der Waals surface area contributed by atoms with Gasteiger partial charge in [-0.25, -0.2) is 9.67 Å². The van der Waals surface area contributed by atoms with E-state index in [2.05, 4.69) is 25.5 Å². The molecular formula is C13H20N6O2. The lowest BCUT2D eigenvalue weighted by molar-refractivity contribution is 0.177. The van der Waals surface area contributed by atoms with Crippen LogP contribution >= 0.6 is 0 Å². The first kappa shape index (κ1) is 14.0. The number of nitrogens with one attached hydrogen (secondary N) is 1. The minimum Gasteiger partial charge on any atom is -0.377 e. The minimum atomic E-state index is 0.0392. The van der Waals surface area contributed by atoms with Gasteiger partial charge in [0.05, 0.1) is 6.04 Å². The van der Waals surface area contributed by atoms with Gasteiger partial charge in [0.2, 0.25) is 0 Å². The molecule has 1 N–H and O–H groups in total. The molecule has 0 saturated heterocycles. The fraction of sp³-hybridized carbons (Fsp3) is 0.692. The molecule has 8 heteroatoms. The van der Waals surface area contributed by atoms with E-state index in [0.29, 0.717) is 24.3 Å². The number of rotatable bonds is 5. The van der Waals surface area contributed by atoms with Crippen molar-refractivity contribution in [2.75, 3.05) is 12.4 Å². The van der Waals surface area contributed by atoms with E-state index in [9.17, 15) is 0 Å². The number of anilines is 1. The number of hydrogen-bond donors (Lipinski definition) is 1. The van der Waals surface area contributed by atoms with Crippen LogP contribution in [0.5, 0.6) is 0 Å². The van der Waals surface area contributed by atoms with Crippen LogP contribution in [0.1, 0.15) is 56.1 Å². The molecule has 3 rings (SSSR count). The van der Waals surface area contributed by atoms with E-state index in [0.717, 1.165) is 25.2 Å². The van der Waals surface area contributed by atoms with Crippen LogP contribution in [-0.4, -0.2) is 32.0 Å². The van der Waals surface area contributed by atoms with Gasteiger partial charge in [-0.15, -0.1) is 0 Å². The number of hydrogen-bond acceptors (Lipinski definition) is 7. The zero-order chi connectivity index (χ0) is 14.8. The van der Waals surface area contributed by atoms with Crippen LogP contribution in [0.3, 0.4) is 0 Å². The van der Waals surface area contributed by atoms with Gasteiger partial charge in [-0.2, -0.15) is 10.1 Å². The Bertz CT molecular complexity index is 606. The number of fused-ring (bicyclic) bond motifs is 1. The van der Waals surface area contributed by atoms with Gasteiger partial charge in [0.15, 0.2) is 11.6 Å². The number of aryl methyl sites for hydroxylation is 1. The Hall–Kier alpha value is -1.96. The van der Waals surface area contributed by atoms with Crippen molar-refractivity contribution in [2.24, 2.45) is 0 Å². The molecule has 1 aliphatic heterocycles. The van der Waals surface area contributed by atoms with Crippen molar-refractivity contribution in [2.45, 2.75) is 51.8 Å². The molecule has 0 fully saturated rings. The Morgan fingerprint density at radius 3 is 3.00 bits per heavy atom. The van der Waals surface area contributed by atoms with E-state index in [-0.39, 0.29) is 12.0 Å². The third kappa shape index (κ3) is 2.90. The Kier molecular flexibility index (Phi) is 3.87. The topological polar surface area (TPSA) is 90.9 Å². The molecule has 2 aromatic rings. The summed E-state index contributed by atoms with van der Waals surface area (Å²) in [6, 6.07) is 0.478. The van der Waals surface area contributed by atoms with Crippen molar-refractivity contribution >= 4 is 6.01 Å². The molecular weight excluding hydrogens is 272 g/mol. The molecule has 3 heterocycles. The zero-order valence-electron chi connectivity index (χ0n) is 12.5. The summed E-state index contributed by atoms with van der Waals surface area (Å²) >= 11 is 0. The minimum absolute atomic E-state index is 0.0392. The zero-order valence-corrected chi connectivity index (χ0v) is 12.5. The average Bonchev–Trinajstić information content (AvgIpc) is 3.06. The average molecular weight is 292 g/mol. The van der Waals surface area contributed by atoms with Gasteiger partial charge in [-0.05, 0) is 12.8 Å². The van der Waals surface area contributed by atoms with E-state index in [4.69, 9.17) is 9.26 Å². The largest absolute Gasteiger partial charge is 0.377 e. The molecule has 21 heavy (non-hydrogen) atoms. The molecule has 0 saturated carbocycles. The van der Waals surface area contributed by atoms with Gasteiger partial charge in [0, 0.05) is 19.6 Å². The van der Waals surface area contributed by atoms with E-state index in [1.165, 1.54) is 0 Å². The number of aromatic nitrogens is 5. The second-order valence-electron chi connectivity index (χ2n) is 5.49. The van der Waals surface area contributed by atoms with Crippen molar-refractivity contribution in [3.8, 4) is 0 Å². The molecule has 0 aliphatic carbocycles. The smallest absolute Gasteiger partial charge is 0.322 e.